The molecule has 1 aromatic rings. The van der Waals surface area contributed by atoms with E-state index < -0.39 is 60.1 Å². The molecule has 17 heteroatoms. The Balaban J connectivity index is -0.000000254. The van der Waals surface area contributed by atoms with Gasteiger partial charge in [-0.1, -0.05) is 64.4 Å². The minimum absolute atomic E-state index is 0.0208. The fourth-order valence-corrected chi connectivity index (χ4v) is 3.34. The van der Waals surface area contributed by atoms with Gasteiger partial charge in [-0.2, -0.15) is 11.8 Å². The summed E-state index contributed by atoms with van der Waals surface area (Å²) in [4.78, 5) is 50.7. The number of carbonyl (C=O) groups is 5. The summed E-state index contributed by atoms with van der Waals surface area (Å²) in [5.41, 5.74) is 32.3. The van der Waals surface area contributed by atoms with Crippen molar-refractivity contribution in [1.29, 1.82) is 0 Å². The SMILES string of the molecule is CC(C)C(N)C(=O)O.CC(C)CC(N)C(=O)O.CSCCC(N)C(=O)O.NC(Cc1ccccc1)C(=O)O.NCCCCC(N)C(=O)O. The highest BCUT2D eigenvalue weighted by Crippen LogP contribution is 2.03. The number of benzene rings is 1. The maximum absolute atomic E-state index is 10.4. The predicted molar refractivity (Wildman–Crippen MR) is 188 cm³/mol. The van der Waals surface area contributed by atoms with Gasteiger partial charge in [0.2, 0.25) is 0 Å². The maximum atomic E-state index is 10.4. The van der Waals surface area contributed by atoms with Crippen LogP contribution in [0.1, 0.15) is 65.4 Å². The van der Waals surface area contributed by atoms with Crippen molar-refractivity contribution in [1.82, 2.24) is 0 Å². The first-order chi connectivity index (χ1) is 22.1. The van der Waals surface area contributed by atoms with Crippen LogP contribution in [0.3, 0.4) is 0 Å². The molecular weight excluding hydrogens is 648 g/mol. The lowest BCUT2D eigenvalue weighted by Crippen LogP contribution is -2.34. The maximum Gasteiger partial charge on any atom is 0.320 e. The molecule has 0 radical (unpaired) electrons. The number of hydrogen-bond acceptors (Lipinski definition) is 12. The zero-order valence-corrected chi connectivity index (χ0v) is 29.6. The van der Waals surface area contributed by atoms with E-state index in [2.05, 4.69) is 0 Å². The zero-order valence-electron chi connectivity index (χ0n) is 28.7. The predicted octanol–water partition coefficient (Wildman–Crippen LogP) is 0.818. The number of thioether (sulfide) groups is 1. The topological polar surface area (TPSA) is 343 Å². The molecule has 1 rings (SSSR count). The van der Waals surface area contributed by atoms with E-state index in [0.717, 1.165) is 24.2 Å². The van der Waals surface area contributed by atoms with Crippen LogP contribution in [0.15, 0.2) is 30.3 Å². The smallest absolute Gasteiger partial charge is 0.320 e. The normalized spacial score (nSPS) is 13.2. The van der Waals surface area contributed by atoms with Crippen LogP contribution in [-0.4, -0.2) is 104 Å². The number of hydrogen-bond donors (Lipinski definition) is 11. The Kier molecular flexibility index (Phi) is 34.6. The van der Waals surface area contributed by atoms with Crippen LogP contribution < -0.4 is 34.4 Å². The Morgan fingerprint density at radius 2 is 1.08 bits per heavy atom. The summed E-state index contributed by atoms with van der Waals surface area (Å²) in [5, 5.41) is 41.7. The second kappa shape index (κ2) is 32.2. The Hall–Kier alpha value is -3.32. The molecule has 0 saturated carbocycles. The highest BCUT2D eigenvalue weighted by molar-refractivity contribution is 7.98. The van der Waals surface area contributed by atoms with Gasteiger partial charge in [-0.3, -0.25) is 24.0 Å². The molecule has 1 aromatic carbocycles. The molecule has 48 heavy (non-hydrogen) atoms. The Morgan fingerprint density at radius 1 is 0.646 bits per heavy atom. The van der Waals surface area contributed by atoms with Gasteiger partial charge in [0.05, 0.1) is 0 Å². The molecule has 0 heterocycles. The van der Waals surface area contributed by atoms with Crippen molar-refractivity contribution in [2.24, 2.45) is 46.2 Å². The summed E-state index contributed by atoms with van der Waals surface area (Å²) in [5.74, 6) is -3.46. The van der Waals surface area contributed by atoms with Crippen LogP contribution in [0.4, 0.5) is 0 Å². The number of rotatable bonds is 17. The van der Waals surface area contributed by atoms with Crippen LogP contribution in [0, 0.1) is 11.8 Å². The Bertz CT molecular complexity index is 1010. The minimum Gasteiger partial charge on any atom is -0.480 e. The average molecular weight is 709 g/mol. The van der Waals surface area contributed by atoms with Crippen molar-refractivity contribution in [3.8, 4) is 0 Å². The summed E-state index contributed by atoms with van der Waals surface area (Å²) in [7, 11) is 0. The van der Waals surface area contributed by atoms with Crippen molar-refractivity contribution in [3.05, 3.63) is 35.9 Å². The average Bonchev–Trinajstić information content (AvgIpc) is 3.00. The van der Waals surface area contributed by atoms with Crippen molar-refractivity contribution >= 4 is 41.6 Å². The molecule has 280 valence electrons. The van der Waals surface area contributed by atoms with Gasteiger partial charge >= 0.3 is 29.8 Å². The standard InChI is InChI=1S/C9H11NO2.C6H14N2O2.C6H13NO2.C5H11NO2S.C5H11NO2/c10-8(9(11)12)6-7-4-2-1-3-5-7;7-4-2-1-3-5(8)6(9)10;1-4(2)3-5(7)6(8)9;1-9-3-2-4(6)5(7)8;1-3(2)4(6)5(7)8/h1-5,8H,6,10H2,(H,11,12);5H,1-4,7-8H2,(H,9,10);4-5H,3,7H2,1-2H3,(H,8,9);4H,2-3,6H2,1H3,(H,7,8);3-4H,6H2,1-2H3,(H,7,8). The molecule has 0 aromatic heterocycles. The first-order valence-corrected chi connectivity index (χ1v) is 16.7. The van der Waals surface area contributed by atoms with Crippen LogP contribution in [-0.2, 0) is 30.4 Å². The molecule has 0 aliphatic heterocycles. The fraction of sp³-hybridized carbons (Fsp3) is 0.645. The second-order valence-electron chi connectivity index (χ2n) is 11.3. The molecule has 5 atom stereocenters. The van der Waals surface area contributed by atoms with Gasteiger partial charge < -0.3 is 59.9 Å². The number of nitrogens with two attached hydrogens (primary N) is 6. The summed E-state index contributed by atoms with van der Waals surface area (Å²) in [6.07, 6.45) is 5.58. The largest absolute Gasteiger partial charge is 0.480 e. The molecule has 5 unspecified atom stereocenters. The highest BCUT2D eigenvalue weighted by atomic mass is 32.2. The molecule has 0 amide bonds. The lowest BCUT2D eigenvalue weighted by atomic mass is 10.1. The molecule has 0 fully saturated rings. The molecule has 16 nitrogen and oxygen atoms in total. The van der Waals surface area contributed by atoms with Gasteiger partial charge in [-0.25, -0.2) is 0 Å². The molecule has 0 spiro atoms. The van der Waals surface area contributed by atoms with Crippen molar-refractivity contribution < 1.29 is 49.5 Å². The molecule has 17 N–H and O–H groups in total. The van der Waals surface area contributed by atoms with E-state index in [4.69, 9.17) is 59.9 Å². The fourth-order valence-electron chi connectivity index (χ4n) is 2.85. The summed E-state index contributed by atoms with van der Waals surface area (Å²) < 4.78 is 0. The van der Waals surface area contributed by atoms with Crippen molar-refractivity contribution in [2.75, 3.05) is 18.6 Å². The molecular formula is C31H60N6O10S. The first kappa shape index (κ1) is 51.5. The third kappa shape index (κ3) is 35.5. The quantitative estimate of drug-likeness (QED) is 0.0997. The molecule has 0 bridgehead atoms. The number of carboxylic acid groups (broad SMARTS) is 5. The minimum atomic E-state index is -0.959. The lowest BCUT2D eigenvalue weighted by molar-refractivity contribution is -0.140. The van der Waals surface area contributed by atoms with E-state index in [1.165, 1.54) is 0 Å². The number of unbranched alkanes of at least 4 members (excludes halogenated alkanes) is 1. The van der Waals surface area contributed by atoms with E-state index >= 15 is 0 Å². The van der Waals surface area contributed by atoms with Crippen LogP contribution in [0.25, 0.3) is 0 Å². The summed E-state index contributed by atoms with van der Waals surface area (Å²) in [6.45, 7) is 8.05. The zero-order chi connectivity index (χ0) is 38.4. The molecule has 0 aliphatic rings. The second-order valence-corrected chi connectivity index (χ2v) is 12.3. The Labute approximate surface area is 288 Å². The van der Waals surface area contributed by atoms with Crippen LogP contribution in [0.5, 0.6) is 0 Å². The van der Waals surface area contributed by atoms with Gasteiger partial charge in [-0.05, 0) is 68.1 Å². The van der Waals surface area contributed by atoms with E-state index in [1.54, 1.807) is 25.6 Å². The first-order valence-electron chi connectivity index (χ1n) is 15.3. The third-order valence-corrected chi connectivity index (χ3v) is 6.54. The van der Waals surface area contributed by atoms with Crippen molar-refractivity contribution in [2.45, 2.75) is 96.4 Å². The van der Waals surface area contributed by atoms with Crippen LogP contribution in [0.2, 0.25) is 0 Å². The Morgan fingerprint density at radius 3 is 1.38 bits per heavy atom. The van der Waals surface area contributed by atoms with Gasteiger partial charge in [0, 0.05) is 0 Å². The lowest BCUT2D eigenvalue weighted by Gasteiger charge is -2.07. The van der Waals surface area contributed by atoms with Gasteiger partial charge in [-0.15, -0.1) is 0 Å². The number of aliphatic carboxylic acids is 5. The number of carboxylic acids is 5. The van der Waals surface area contributed by atoms with Gasteiger partial charge in [0.1, 0.15) is 30.2 Å². The van der Waals surface area contributed by atoms with Crippen molar-refractivity contribution in [3.63, 3.8) is 0 Å². The molecule has 0 saturated heterocycles. The highest BCUT2D eigenvalue weighted by Gasteiger charge is 2.15. The summed E-state index contributed by atoms with van der Waals surface area (Å²) in [6, 6.07) is 5.74. The van der Waals surface area contributed by atoms with Gasteiger partial charge in [0.25, 0.3) is 0 Å². The third-order valence-electron chi connectivity index (χ3n) is 5.90. The molecule has 0 aliphatic carbocycles. The summed E-state index contributed by atoms with van der Waals surface area (Å²) >= 11 is 1.60. The van der Waals surface area contributed by atoms with Crippen LogP contribution >= 0.6 is 11.8 Å². The van der Waals surface area contributed by atoms with E-state index in [9.17, 15) is 24.0 Å². The van der Waals surface area contributed by atoms with E-state index in [0.29, 0.717) is 38.1 Å². The van der Waals surface area contributed by atoms with Gasteiger partial charge in [0.15, 0.2) is 0 Å². The monoisotopic (exact) mass is 708 g/mol. The van der Waals surface area contributed by atoms with E-state index in [1.807, 2.05) is 50.4 Å². The van der Waals surface area contributed by atoms with E-state index in [-0.39, 0.29) is 5.92 Å².